The predicted octanol–water partition coefficient (Wildman–Crippen LogP) is 0.743. The summed E-state index contributed by atoms with van der Waals surface area (Å²) in [7, 11) is 3.19. The van der Waals surface area contributed by atoms with Gasteiger partial charge in [-0.3, -0.25) is 4.79 Å². The molecular weight excluding hydrogens is 256 g/mol. The third-order valence-corrected chi connectivity index (χ3v) is 2.37. The second-order valence-electron chi connectivity index (χ2n) is 3.49. The molecule has 1 rings (SSSR count). The van der Waals surface area contributed by atoms with Crippen LogP contribution in [-0.4, -0.2) is 33.2 Å². The van der Waals surface area contributed by atoms with E-state index in [-0.39, 0.29) is 24.9 Å². The Morgan fingerprint density at radius 3 is 2.50 bits per heavy atom. The number of amides is 1. The Morgan fingerprint density at radius 2 is 1.94 bits per heavy atom. The van der Waals surface area contributed by atoms with E-state index in [4.69, 9.17) is 15.2 Å². The first kappa shape index (κ1) is 16.5. The lowest BCUT2D eigenvalue weighted by Crippen LogP contribution is -2.31. The van der Waals surface area contributed by atoms with Crippen LogP contribution in [0.3, 0.4) is 0 Å². The third-order valence-electron chi connectivity index (χ3n) is 2.37. The number of halogens is 1. The highest BCUT2D eigenvalue weighted by Gasteiger charge is 2.04. The van der Waals surface area contributed by atoms with E-state index < -0.39 is 0 Å². The molecule has 0 atom stereocenters. The van der Waals surface area contributed by atoms with Crippen molar-refractivity contribution >= 4 is 18.3 Å². The zero-order chi connectivity index (χ0) is 12.7. The van der Waals surface area contributed by atoms with Gasteiger partial charge in [0.15, 0.2) is 11.5 Å². The molecule has 0 heterocycles. The zero-order valence-corrected chi connectivity index (χ0v) is 11.4. The molecule has 0 spiro atoms. The molecule has 0 aliphatic rings. The van der Waals surface area contributed by atoms with Gasteiger partial charge < -0.3 is 20.5 Å². The molecule has 6 heteroatoms. The van der Waals surface area contributed by atoms with E-state index in [1.165, 1.54) is 0 Å². The summed E-state index contributed by atoms with van der Waals surface area (Å²) in [5.74, 6) is 1.24. The van der Waals surface area contributed by atoms with Crippen LogP contribution in [0, 0.1) is 0 Å². The van der Waals surface area contributed by atoms with Gasteiger partial charge in [-0.1, -0.05) is 6.07 Å². The van der Waals surface area contributed by atoms with Crippen LogP contribution >= 0.6 is 12.4 Å². The molecule has 0 unspecified atom stereocenters. The van der Waals surface area contributed by atoms with E-state index in [1.807, 2.05) is 18.2 Å². The molecule has 1 aromatic rings. The molecule has 1 amide bonds. The first-order valence-electron chi connectivity index (χ1n) is 5.39. The minimum atomic E-state index is -0.148. The summed E-state index contributed by atoms with van der Waals surface area (Å²) in [5, 5.41) is 2.71. The monoisotopic (exact) mass is 274 g/mol. The van der Waals surface area contributed by atoms with Crippen molar-refractivity contribution in [3.63, 3.8) is 0 Å². The van der Waals surface area contributed by atoms with E-state index in [2.05, 4.69) is 5.32 Å². The van der Waals surface area contributed by atoms with Crippen LogP contribution in [0.25, 0.3) is 0 Å². The lowest BCUT2D eigenvalue weighted by Gasteiger charge is -2.09. The average molecular weight is 275 g/mol. The first-order valence-corrected chi connectivity index (χ1v) is 5.39. The van der Waals surface area contributed by atoms with Crippen LogP contribution in [-0.2, 0) is 11.2 Å². The maximum atomic E-state index is 10.9. The van der Waals surface area contributed by atoms with Gasteiger partial charge in [-0.2, -0.15) is 0 Å². The number of methoxy groups -OCH3 is 2. The molecule has 0 aliphatic heterocycles. The summed E-state index contributed by atoms with van der Waals surface area (Å²) in [6.07, 6.45) is 0.728. The van der Waals surface area contributed by atoms with Gasteiger partial charge in [0.2, 0.25) is 5.91 Å². The Morgan fingerprint density at radius 1 is 1.28 bits per heavy atom. The Labute approximate surface area is 113 Å². The number of carbonyl (C=O) groups is 1. The summed E-state index contributed by atoms with van der Waals surface area (Å²) >= 11 is 0. The molecule has 1 aromatic carbocycles. The normalized spacial score (nSPS) is 9.28. The number of nitrogens with two attached hydrogens (primary N) is 1. The summed E-state index contributed by atoms with van der Waals surface area (Å²) in [5.41, 5.74) is 6.26. The van der Waals surface area contributed by atoms with Crippen LogP contribution in [0.5, 0.6) is 11.5 Å². The number of hydrogen-bond donors (Lipinski definition) is 2. The van der Waals surface area contributed by atoms with Crippen molar-refractivity contribution in [3.8, 4) is 11.5 Å². The van der Waals surface area contributed by atoms with Gasteiger partial charge in [-0.05, 0) is 24.1 Å². The van der Waals surface area contributed by atoms with E-state index in [1.54, 1.807) is 14.2 Å². The topological polar surface area (TPSA) is 73.6 Å². The molecule has 0 aromatic heterocycles. The smallest absolute Gasteiger partial charge is 0.233 e. The van der Waals surface area contributed by atoms with E-state index in [0.29, 0.717) is 18.0 Å². The molecule has 3 N–H and O–H groups in total. The summed E-state index contributed by atoms with van der Waals surface area (Å²) < 4.78 is 10.3. The number of benzene rings is 1. The van der Waals surface area contributed by atoms with E-state index in [0.717, 1.165) is 12.0 Å². The van der Waals surface area contributed by atoms with Gasteiger partial charge in [0.1, 0.15) is 0 Å². The van der Waals surface area contributed by atoms with Crippen molar-refractivity contribution in [2.75, 3.05) is 27.3 Å². The molecule has 0 radical (unpaired) electrons. The highest BCUT2D eigenvalue weighted by molar-refractivity contribution is 5.85. The lowest BCUT2D eigenvalue weighted by molar-refractivity contribution is -0.119. The van der Waals surface area contributed by atoms with Gasteiger partial charge in [0.25, 0.3) is 0 Å². The second kappa shape index (κ2) is 8.60. The fraction of sp³-hybridized carbons (Fsp3) is 0.417. The van der Waals surface area contributed by atoms with Crippen molar-refractivity contribution in [2.45, 2.75) is 6.42 Å². The molecule has 0 fully saturated rings. The van der Waals surface area contributed by atoms with Crippen molar-refractivity contribution in [2.24, 2.45) is 5.73 Å². The number of rotatable bonds is 6. The SMILES string of the molecule is COc1ccc(CCNC(=O)CN)cc1OC.Cl. The Kier molecular flexibility index (Phi) is 7.91. The van der Waals surface area contributed by atoms with Crippen molar-refractivity contribution < 1.29 is 14.3 Å². The van der Waals surface area contributed by atoms with Crippen LogP contribution in [0.2, 0.25) is 0 Å². The molecule has 0 saturated heterocycles. The average Bonchev–Trinajstić information content (AvgIpc) is 2.38. The van der Waals surface area contributed by atoms with Crippen molar-refractivity contribution in [1.82, 2.24) is 5.32 Å². The standard InChI is InChI=1S/C12H18N2O3.ClH/c1-16-10-4-3-9(7-11(10)17-2)5-6-14-12(15)8-13;/h3-4,7H,5-6,8,13H2,1-2H3,(H,14,15);1H. The highest BCUT2D eigenvalue weighted by atomic mass is 35.5. The fourth-order valence-electron chi connectivity index (χ4n) is 1.45. The third kappa shape index (κ3) is 4.81. The Balaban J connectivity index is 0.00000289. The van der Waals surface area contributed by atoms with E-state index >= 15 is 0 Å². The van der Waals surface area contributed by atoms with Crippen LogP contribution < -0.4 is 20.5 Å². The number of carbonyl (C=O) groups excluding carboxylic acids is 1. The van der Waals surface area contributed by atoms with Gasteiger partial charge >= 0.3 is 0 Å². The minimum absolute atomic E-state index is 0. The van der Waals surface area contributed by atoms with Crippen LogP contribution in [0.4, 0.5) is 0 Å². The number of hydrogen-bond acceptors (Lipinski definition) is 4. The molecule has 102 valence electrons. The largest absolute Gasteiger partial charge is 0.493 e. The first-order chi connectivity index (χ1) is 8.21. The van der Waals surface area contributed by atoms with Gasteiger partial charge in [-0.25, -0.2) is 0 Å². The highest BCUT2D eigenvalue weighted by Crippen LogP contribution is 2.27. The minimum Gasteiger partial charge on any atom is -0.493 e. The second-order valence-corrected chi connectivity index (χ2v) is 3.49. The zero-order valence-electron chi connectivity index (χ0n) is 10.6. The van der Waals surface area contributed by atoms with E-state index in [9.17, 15) is 4.79 Å². The van der Waals surface area contributed by atoms with Gasteiger partial charge in [-0.15, -0.1) is 12.4 Å². The molecule has 0 saturated carbocycles. The Bertz CT molecular complexity index is 386. The summed E-state index contributed by atoms with van der Waals surface area (Å²) in [6.45, 7) is 0.581. The number of nitrogens with one attached hydrogen (secondary N) is 1. The molecular formula is C12H19ClN2O3. The van der Waals surface area contributed by atoms with Gasteiger partial charge in [0, 0.05) is 6.54 Å². The predicted molar refractivity (Wildman–Crippen MR) is 72.6 cm³/mol. The number of ether oxygens (including phenoxy) is 2. The quantitative estimate of drug-likeness (QED) is 0.803. The summed E-state index contributed by atoms with van der Waals surface area (Å²) in [6, 6.07) is 5.68. The Hall–Kier alpha value is -1.46. The lowest BCUT2D eigenvalue weighted by atomic mass is 10.1. The van der Waals surface area contributed by atoms with Crippen molar-refractivity contribution in [1.29, 1.82) is 0 Å². The summed E-state index contributed by atoms with van der Waals surface area (Å²) in [4.78, 5) is 10.9. The molecule has 18 heavy (non-hydrogen) atoms. The molecule has 0 aliphatic carbocycles. The van der Waals surface area contributed by atoms with Gasteiger partial charge in [0.05, 0.1) is 20.8 Å². The van der Waals surface area contributed by atoms with Crippen molar-refractivity contribution in [3.05, 3.63) is 23.8 Å². The maximum absolute atomic E-state index is 10.9. The molecule has 5 nitrogen and oxygen atoms in total. The van der Waals surface area contributed by atoms with Crippen LogP contribution in [0.1, 0.15) is 5.56 Å². The molecule has 0 bridgehead atoms. The maximum Gasteiger partial charge on any atom is 0.233 e. The fourth-order valence-corrected chi connectivity index (χ4v) is 1.45. The van der Waals surface area contributed by atoms with Crippen LogP contribution in [0.15, 0.2) is 18.2 Å².